The summed E-state index contributed by atoms with van der Waals surface area (Å²) in [6.07, 6.45) is 0. The number of nitrogens with one attached hydrogen (secondary N) is 1. The fourth-order valence-corrected chi connectivity index (χ4v) is 2.21. The lowest BCUT2D eigenvalue weighted by Gasteiger charge is -2.09. The Labute approximate surface area is 95.2 Å². The third-order valence-electron chi connectivity index (χ3n) is 2.04. The summed E-state index contributed by atoms with van der Waals surface area (Å²) in [5, 5.41) is 4.03. The zero-order valence-electron chi connectivity index (χ0n) is 8.59. The Morgan fingerprint density at radius 2 is 2.00 bits per heavy atom. The van der Waals surface area contributed by atoms with Gasteiger partial charge in [-0.3, -0.25) is 0 Å². The van der Waals surface area contributed by atoms with E-state index in [1.807, 2.05) is 30.9 Å². The van der Waals surface area contributed by atoms with Crippen molar-refractivity contribution in [1.29, 1.82) is 0 Å². The standard InChI is InChI=1S/C11H16ClNS/c1-9(13-2)7-14-8-10-3-5-11(12)6-4-10/h3-6,9,13H,7-8H2,1-2H3. The zero-order chi connectivity index (χ0) is 10.4. The van der Waals surface area contributed by atoms with E-state index < -0.39 is 0 Å². The van der Waals surface area contributed by atoms with E-state index in [-0.39, 0.29) is 0 Å². The molecular formula is C11H16ClNS. The summed E-state index contributed by atoms with van der Waals surface area (Å²) in [4.78, 5) is 0. The van der Waals surface area contributed by atoms with Crippen LogP contribution in [0.4, 0.5) is 0 Å². The van der Waals surface area contributed by atoms with Crippen molar-refractivity contribution in [3.63, 3.8) is 0 Å². The summed E-state index contributed by atoms with van der Waals surface area (Å²) in [6.45, 7) is 2.19. The summed E-state index contributed by atoms with van der Waals surface area (Å²) < 4.78 is 0. The van der Waals surface area contributed by atoms with E-state index >= 15 is 0 Å². The number of thioether (sulfide) groups is 1. The van der Waals surface area contributed by atoms with Crippen LogP contribution in [0.5, 0.6) is 0 Å². The van der Waals surface area contributed by atoms with Gasteiger partial charge in [0.25, 0.3) is 0 Å². The Bertz CT molecular complexity index is 260. The number of halogens is 1. The first-order chi connectivity index (χ1) is 6.72. The average molecular weight is 230 g/mol. The third kappa shape index (κ3) is 4.36. The normalized spacial score (nSPS) is 12.8. The van der Waals surface area contributed by atoms with Gasteiger partial charge in [0.1, 0.15) is 0 Å². The second-order valence-corrected chi connectivity index (χ2v) is 4.80. The fraction of sp³-hybridized carbons (Fsp3) is 0.455. The smallest absolute Gasteiger partial charge is 0.0406 e. The molecule has 0 aliphatic rings. The van der Waals surface area contributed by atoms with Crippen molar-refractivity contribution in [1.82, 2.24) is 5.32 Å². The van der Waals surface area contributed by atoms with Gasteiger partial charge in [-0.05, 0) is 31.7 Å². The Morgan fingerprint density at radius 3 is 2.57 bits per heavy atom. The molecule has 1 rings (SSSR count). The molecule has 3 heteroatoms. The topological polar surface area (TPSA) is 12.0 Å². The van der Waals surface area contributed by atoms with Crippen LogP contribution in [0.15, 0.2) is 24.3 Å². The van der Waals surface area contributed by atoms with Gasteiger partial charge in [0.2, 0.25) is 0 Å². The predicted molar refractivity (Wildman–Crippen MR) is 66.1 cm³/mol. The Kier molecular flexibility index (Phi) is 5.38. The van der Waals surface area contributed by atoms with Crippen LogP contribution in [-0.2, 0) is 5.75 Å². The number of rotatable bonds is 5. The molecule has 0 radical (unpaired) electrons. The van der Waals surface area contributed by atoms with E-state index in [4.69, 9.17) is 11.6 Å². The maximum atomic E-state index is 5.80. The van der Waals surface area contributed by atoms with Crippen LogP contribution in [0.1, 0.15) is 12.5 Å². The Morgan fingerprint density at radius 1 is 1.36 bits per heavy atom. The van der Waals surface area contributed by atoms with Gasteiger partial charge in [-0.2, -0.15) is 11.8 Å². The second-order valence-electron chi connectivity index (χ2n) is 3.33. The minimum absolute atomic E-state index is 0.576. The van der Waals surface area contributed by atoms with E-state index in [1.54, 1.807) is 0 Å². The summed E-state index contributed by atoms with van der Waals surface area (Å²) in [5.41, 5.74) is 1.34. The molecule has 0 aliphatic heterocycles. The molecule has 0 aromatic heterocycles. The molecule has 1 nitrogen and oxygen atoms in total. The number of hydrogen-bond acceptors (Lipinski definition) is 2. The molecule has 0 heterocycles. The van der Waals surface area contributed by atoms with E-state index in [0.717, 1.165) is 16.5 Å². The van der Waals surface area contributed by atoms with Crippen LogP contribution >= 0.6 is 23.4 Å². The molecular weight excluding hydrogens is 214 g/mol. The third-order valence-corrected chi connectivity index (χ3v) is 3.57. The highest BCUT2D eigenvalue weighted by atomic mass is 35.5. The van der Waals surface area contributed by atoms with E-state index in [2.05, 4.69) is 24.4 Å². The van der Waals surface area contributed by atoms with Crippen molar-refractivity contribution in [2.24, 2.45) is 0 Å². The summed E-state index contributed by atoms with van der Waals surface area (Å²) in [6, 6.07) is 8.63. The van der Waals surface area contributed by atoms with Crippen molar-refractivity contribution in [3.8, 4) is 0 Å². The highest BCUT2D eigenvalue weighted by Crippen LogP contribution is 2.15. The Hall–Kier alpha value is -0.180. The van der Waals surface area contributed by atoms with E-state index in [9.17, 15) is 0 Å². The molecule has 0 saturated carbocycles. The van der Waals surface area contributed by atoms with Crippen molar-refractivity contribution in [2.75, 3.05) is 12.8 Å². The number of hydrogen-bond donors (Lipinski definition) is 1. The first kappa shape index (κ1) is 11.9. The van der Waals surface area contributed by atoms with Gasteiger partial charge < -0.3 is 5.32 Å². The van der Waals surface area contributed by atoms with Crippen molar-refractivity contribution < 1.29 is 0 Å². The molecule has 0 aliphatic carbocycles. The molecule has 0 spiro atoms. The van der Waals surface area contributed by atoms with Crippen LogP contribution in [-0.4, -0.2) is 18.8 Å². The minimum atomic E-state index is 0.576. The molecule has 0 amide bonds. The monoisotopic (exact) mass is 229 g/mol. The van der Waals surface area contributed by atoms with Crippen LogP contribution in [0, 0.1) is 0 Å². The lowest BCUT2D eigenvalue weighted by molar-refractivity contribution is 0.677. The molecule has 0 fully saturated rings. The molecule has 1 N–H and O–H groups in total. The summed E-state index contributed by atoms with van der Waals surface area (Å²) in [5.74, 6) is 2.20. The van der Waals surface area contributed by atoms with Crippen LogP contribution in [0.25, 0.3) is 0 Å². The minimum Gasteiger partial charge on any atom is -0.316 e. The molecule has 1 atom stereocenters. The molecule has 14 heavy (non-hydrogen) atoms. The first-order valence-corrected chi connectivity index (χ1v) is 6.25. The SMILES string of the molecule is CNC(C)CSCc1ccc(Cl)cc1. The quantitative estimate of drug-likeness (QED) is 0.833. The average Bonchev–Trinajstić information content (AvgIpc) is 2.21. The highest BCUT2D eigenvalue weighted by Gasteiger charge is 1.98. The van der Waals surface area contributed by atoms with E-state index in [1.165, 1.54) is 5.56 Å². The predicted octanol–water partition coefficient (Wildman–Crippen LogP) is 3.18. The fourth-order valence-electron chi connectivity index (χ4n) is 1.02. The maximum absolute atomic E-state index is 5.80. The van der Waals surface area contributed by atoms with Gasteiger partial charge in [0.05, 0.1) is 0 Å². The molecule has 0 bridgehead atoms. The van der Waals surface area contributed by atoms with Gasteiger partial charge in [0, 0.05) is 22.6 Å². The van der Waals surface area contributed by atoms with Gasteiger partial charge in [-0.1, -0.05) is 23.7 Å². The van der Waals surface area contributed by atoms with Gasteiger partial charge in [-0.15, -0.1) is 0 Å². The molecule has 1 aromatic carbocycles. The van der Waals surface area contributed by atoms with Crippen molar-refractivity contribution in [3.05, 3.63) is 34.9 Å². The van der Waals surface area contributed by atoms with Gasteiger partial charge in [-0.25, -0.2) is 0 Å². The zero-order valence-corrected chi connectivity index (χ0v) is 10.2. The molecule has 0 saturated heterocycles. The van der Waals surface area contributed by atoms with Crippen LogP contribution < -0.4 is 5.32 Å². The lowest BCUT2D eigenvalue weighted by Crippen LogP contribution is -2.23. The summed E-state index contributed by atoms with van der Waals surface area (Å²) in [7, 11) is 1.99. The first-order valence-electron chi connectivity index (χ1n) is 4.72. The molecule has 1 unspecified atom stereocenters. The molecule has 1 aromatic rings. The maximum Gasteiger partial charge on any atom is 0.0406 e. The summed E-state index contributed by atoms with van der Waals surface area (Å²) >= 11 is 7.74. The Balaban J connectivity index is 2.28. The van der Waals surface area contributed by atoms with Crippen molar-refractivity contribution in [2.45, 2.75) is 18.7 Å². The van der Waals surface area contributed by atoms with Gasteiger partial charge in [0.15, 0.2) is 0 Å². The van der Waals surface area contributed by atoms with Gasteiger partial charge >= 0.3 is 0 Å². The van der Waals surface area contributed by atoms with Crippen LogP contribution in [0.3, 0.4) is 0 Å². The van der Waals surface area contributed by atoms with Crippen LogP contribution in [0.2, 0.25) is 5.02 Å². The van der Waals surface area contributed by atoms with Crippen molar-refractivity contribution >= 4 is 23.4 Å². The number of benzene rings is 1. The second kappa shape index (κ2) is 6.33. The highest BCUT2D eigenvalue weighted by molar-refractivity contribution is 7.98. The largest absolute Gasteiger partial charge is 0.316 e. The van der Waals surface area contributed by atoms with E-state index in [0.29, 0.717) is 6.04 Å². The lowest BCUT2D eigenvalue weighted by atomic mass is 10.2. The molecule has 78 valence electrons.